The van der Waals surface area contributed by atoms with Gasteiger partial charge in [0.15, 0.2) is 5.65 Å². The van der Waals surface area contributed by atoms with Crippen molar-refractivity contribution >= 4 is 11.6 Å². The maximum Gasteiger partial charge on any atom is 0.243 e. The molecule has 4 heteroatoms. The summed E-state index contributed by atoms with van der Waals surface area (Å²) in [5, 5.41) is 7.50. The highest BCUT2D eigenvalue weighted by molar-refractivity contribution is 5.44. The van der Waals surface area contributed by atoms with Gasteiger partial charge in [0.1, 0.15) is 0 Å². The van der Waals surface area contributed by atoms with Gasteiger partial charge in [-0.2, -0.15) is 4.98 Å². The summed E-state index contributed by atoms with van der Waals surface area (Å²) in [4.78, 5) is 4.36. The van der Waals surface area contributed by atoms with Crippen LogP contribution in [0.3, 0.4) is 0 Å². The van der Waals surface area contributed by atoms with E-state index in [-0.39, 0.29) is 0 Å². The number of nitrogens with zero attached hydrogens (tertiary/aromatic N) is 3. The van der Waals surface area contributed by atoms with Crippen LogP contribution in [0.2, 0.25) is 0 Å². The van der Waals surface area contributed by atoms with E-state index in [2.05, 4.69) is 35.3 Å². The molecule has 0 fully saturated rings. The summed E-state index contributed by atoms with van der Waals surface area (Å²) in [5.41, 5.74) is 3.32. The predicted molar refractivity (Wildman–Crippen MR) is 65.6 cm³/mol. The molecule has 0 saturated carbocycles. The second kappa shape index (κ2) is 4.35. The number of hydrogen-bond donors (Lipinski definition) is 1. The molecule has 0 amide bonds. The SMILES string of the molecule is CC(C)=CCNc1nc2ccc(C)cn2n1. The zero-order valence-electron chi connectivity index (χ0n) is 9.86. The molecule has 0 aliphatic heterocycles. The van der Waals surface area contributed by atoms with E-state index >= 15 is 0 Å². The standard InChI is InChI=1S/C12H16N4/c1-9(2)6-7-13-12-14-11-5-4-10(3)8-16(11)15-12/h4-6,8H,7H2,1-3H3,(H,13,15). The molecule has 0 saturated heterocycles. The third-order valence-corrected chi connectivity index (χ3v) is 2.25. The van der Waals surface area contributed by atoms with Crippen LogP contribution in [-0.4, -0.2) is 21.1 Å². The third kappa shape index (κ3) is 2.39. The van der Waals surface area contributed by atoms with Crippen molar-refractivity contribution in [1.29, 1.82) is 0 Å². The number of rotatable bonds is 3. The van der Waals surface area contributed by atoms with Crippen LogP contribution < -0.4 is 5.32 Å². The van der Waals surface area contributed by atoms with Crippen LogP contribution in [0.1, 0.15) is 19.4 Å². The summed E-state index contributed by atoms with van der Waals surface area (Å²) in [6, 6.07) is 4.00. The third-order valence-electron chi connectivity index (χ3n) is 2.25. The Bertz CT molecular complexity index is 521. The molecule has 0 aromatic carbocycles. The second-order valence-electron chi connectivity index (χ2n) is 4.11. The maximum absolute atomic E-state index is 4.36. The molecule has 16 heavy (non-hydrogen) atoms. The highest BCUT2D eigenvalue weighted by Crippen LogP contribution is 2.06. The van der Waals surface area contributed by atoms with Gasteiger partial charge in [-0.25, -0.2) is 4.52 Å². The topological polar surface area (TPSA) is 42.2 Å². The Balaban J connectivity index is 2.17. The van der Waals surface area contributed by atoms with E-state index in [1.807, 2.05) is 25.3 Å². The van der Waals surface area contributed by atoms with Crippen LogP contribution in [0.4, 0.5) is 5.95 Å². The van der Waals surface area contributed by atoms with Gasteiger partial charge in [-0.3, -0.25) is 0 Å². The van der Waals surface area contributed by atoms with Gasteiger partial charge in [0, 0.05) is 12.7 Å². The monoisotopic (exact) mass is 216 g/mol. The largest absolute Gasteiger partial charge is 0.349 e. The van der Waals surface area contributed by atoms with Crippen molar-refractivity contribution in [2.45, 2.75) is 20.8 Å². The number of allylic oxidation sites excluding steroid dienone is 1. The number of fused-ring (bicyclic) bond motifs is 1. The van der Waals surface area contributed by atoms with E-state index in [0.29, 0.717) is 5.95 Å². The Morgan fingerprint density at radius 2 is 2.25 bits per heavy atom. The van der Waals surface area contributed by atoms with Gasteiger partial charge in [0.25, 0.3) is 0 Å². The number of pyridine rings is 1. The number of hydrogen-bond acceptors (Lipinski definition) is 3. The summed E-state index contributed by atoms with van der Waals surface area (Å²) in [6.45, 7) is 6.94. The Labute approximate surface area is 95.0 Å². The first kappa shape index (κ1) is 10.7. The summed E-state index contributed by atoms with van der Waals surface area (Å²) >= 11 is 0. The lowest BCUT2D eigenvalue weighted by Crippen LogP contribution is -2.00. The molecule has 0 bridgehead atoms. The van der Waals surface area contributed by atoms with Crippen molar-refractivity contribution < 1.29 is 0 Å². The average Bonchev–Trinajstić information content (AvgIpc) is 2.58. The zero-order chi connectivity index (χ0) is 11.5. The number of anilines is 1. The van der Waals surface area contributed by atoms with Crippen molar-refractivity contribution in [1.82, 2.24) is 14.6 Å². The molecule has 0 spiro atoms. The van der Waals surface area contributed by atoms with Crippen LogP contribution in [0, 0.1) is 6.92 Å². The maximum atomic E-state index is 4.36. The summed E-state index contributed by atoms with van der Waals surface area (Å²) in [7, 11) is 0. The highest BCUT2D eigenvalue weighted by Gasteiger charge is 2.01. The second-order valence-corrected chi connectivity index (χ2v) is 4.11. The lowest BCUT2D eigenvalue weighted by Gasteiger charge is -1.95. The van der Waals surface area contributed by atoms with Crippen molar-refractivity contribution in [2.24, 2.45) is 0 Å². The van der Waals surface area contributed by atoms with E-state index in [0.717, 1.165) is 12.2 Å². The molecule has 0 aliphatic carbocycles. The molecule has 84 valence electrons. The molecule has 0 atom stereocenters. The van der Waals surface area contributed by atoms with Gasteiger partial charge >= 0.3 is 0 Å². The van der Waals surface area contributed by atoms with Crippen molar-refractivity contribution in [3.05, 3.63) is 35.5 Å². The molecule has 2 aromatic heterocycles. The molecular weight excluding hydrogens is 200 g/mol. The molecule has 0 unspecified atom stereocenters. The molecular formula is C12H16N4. The summed E-state index contributed by atoms with van der Waals surface area (Å²) in [6.07, 6.45) is 4.07. The van der Waals surface area contributed by atoms with Crippen LogP contribution in [0.5, 0.6) is 0 Å². The Kier molecular flexibility index (Phi) is 2.90. The van der Waals surface area contributed by atoms with Crippen LogP contribution in [0.25, 0.3) is 5.65 Å². The van der Waals surface area contributed by atoms with Gasteiger partial charge in [-0.15, -0.1) is 5.10 Å². The number of aryl methyl sites for hydroxylation is 1. The molecule has 0 radical (unpaired) electrons. The van der Waals surface area contributed by atoms with Crippen LogP contribution in [-0.2, 0) is 0 Å². The minimum atomic E-state index is 0.670. The lowest BCUT2D eigenvalue weighted by atomic mass is 10.3. The van der Waals surface area contributed by atoms with Gasteiger partial charge in [-0.05, 0) is 32.4 Å². The molecule has 0 aliphatic rings. The first-order valence-electron chi connectivity index (χ1n) is 5.35. The fourth-order valence-corrected chi connectivity index (χ4v) is 1.41. The minimum absolute atomic E-state index is 0.670. The molecule has 2 heterocycles. The predicted octanol–water partition coefficient (Wildman–Crippen LogP) is 2.42. The van der Waals surface area contributed by atoms with E-state index < -0.39 is 0 Å². The quantitative estimate of drug-likeness (QED) is 0.801. The summed E-state index contributed by atoms with van der Waals surface area (Å²) in [5.74, 6) is 0.670. The first-order valence-corrected chi connectivity index (χ1v) is 5.35. The van der Waals surface area contributed by atoms with Gasteiger partial charge < -0.3 is 5.32 Å². The first-order chi connectivity index (χ1) is 7.65. The van der Waals surface area contributed by atoms with Crippen molar-refractivity contribution in [3.8, 4) is 0 Å². The Hall–Kier alpha value is -1.84. The molecule has 1 N–H and O–H groups in total. The summed E-state index contributed by atoms with van der Waals surface area (Å²) < 4.78 is 1.79. The minimum Gasteiger partial charge on any atom is -0.349 e. The van der Waals surface area contributed by atoms with Crippen molar-refractivity contribution in [3.63, 3.8) is 0 Å². The number of aromatic nitrogens is 3. The van der Waals surface area contributed by atoms with E-state index in [1.165, 1.54) is 11.1 Å². The van der Waals surface area contributed by atoms with E-state index in [9.17, 15) is 0 Å². The molecule has 2 rings (SSSR count). The highest BCUT2D eigenvalue weighted by atomic mass is 15.3. The van der Waals surface area contributed by atoms with E-state index in [1.54, 1.807) is 4.52 Å². The van der Waals surface area contributed by atoms with Gasteiger partial charge in [0.05, 0.1) is 0 Å². The van der Waals surface area contributed by atoms with Crippen LogP contribution in [0.15, 0.2) is 30.0 Å². The van der Waals surface area contributed by atoms with Gasteiger partial charge in [0.2, 0.25) is 5.95 Å². The average molecular weight is 216 g/mol. The Morgan fingerprint density at radius 3 is 3.00 bits per heavy atom. The fourth-order valence-electron chi connectivity index (χ4n) is 1.41. The molecule has 4 nitrogen and oxygen atoms in total. The Morgan fingerprint density at radius 1 is 1.44 bits per heavy atom. The molecule has 2 aromatic rings. The zero-order valence-corrected chi connectivity index (χ0v) is 9.86. The normalized spacial score (nSPS) is 10.4. The lowest BCUT2D eigenvalue weighted by molar-refractivity contribution is 0.950. The van der Waals surface area contributed by atoms with Gasteiger partial charge in [-0.1, -0.05) is 17.7 Å². The van der Waals surface area contributed by atoms with E-state index in [4.69, 9.17) is 0 Å². The van der Waals surface area contributed by atoms with Crippen LogP contribution >= 0.6 is 0 Å². The van der Waals surface area contributed by atoms with Crippen molar-refractivity contribution in [2.75, 3.05) is 11.9 Å². The smallest absolute Gasteiger partial charge is 0.243 e. The fraction of sp³-hybridized carbons (Fsp3) is 0.333. The number of nitrogens with one attached hydrogen (secondary N) is 1.